The number of rotatable bonds is 10. The van der Waals surface area contributed by atoms with Gasteiger partial charge in [0.05, 0.1) is 13.2 Å². The van der Waals surface area contributed by atoms with Crippen LogP contribution in [0.25, 0.3) is 11.1 Å². The van der Waals surface area contributed by atoms with Crippen molar-refractivity contribution < 1.29 is 46.8 Å². The second kappa shape index (κ2) is 11.9. The Morgan fingerprint density at radius 3 is 2.24 bits per heavy atom. The van der Waals surface area contributed by atoms with Crippen molar-refractivity contribution in [3.63, 3.8) is 0 Å². The van der Waals surface area contributed by atoms with Crippen molar-refractivity contribution in [3.05, 3.63) is 59.7 Å². The summed E-state index contributed by atoms with van der Waals surface area (Å²) in [6, 6.07) is 13.8. The van der Waals surface area contributed by atoms with Crippen LogP contribution in [-0.4, -0.2) is 68.2 Å². The second-order valence-electron chi connectivity index (χ2n) is 8.86. The highest BCUT2D eigenvalue weighted by molar-refractivity contribution is 5.81. The van der Waals surface area contributed by atoms with Gasteiger partial charge in [-0.25, -0.2) is 9.59 Å². The summed E-state index contributed by atoms with van der Waals surface area (Å²) in [7, 11) is 0. The van der Waals surface area contributed by atoms with Gasteiger partial charge >= 0.3 is 18.2 Å². The molecule has 200 valence electrons. The molecule has 1 aliphatic heterocycles. The molecule has 3 atom stereocenters. The average Bonchev–Trinajstić information content (AvgIpc) is 3.20. The van der Waals surface area contributed by atoms with Crippen molar-refractivity contribution in [1.29, 1.82) is 0 Å². The molecule has 1 saturated heterocycles. The topological polar surface area (TPSA) is 103 Å². The number of alkyl carbamates (subject to hydrolysis) is 1. The molecular formula is C26H28F3NO7. The fourth-order valence-electron chi connectivity index (χ4n) is 4.46. The van der Waals surface area contributed by atoms with E-state index in [4.69, 9.17) is 18.9 Å². The SMILES string of the molecule is O=C(NC(COCC(OC1CCCCO1)C(F)(F)F)C(=O)O)OCC1c2ccccc2-c2ccccc21. The van der Waals surface area contributed by atoms with Gasteiger partial charge in [0, 0.05) is 12.5 Å². The van der Waals surface area contributed by atoms with E-state index in [0.29, 0.717) is 19.4 Å². The molecule has 3 unspecified atom stereocenters. The lowest BCUT2D eigenvalue weighted by atomic mass is 9.98. The van der Waals surface area contributed by atoms with Crippen molar-refractivity contribution in [3.8, 4) is 11.1 Å². The molecule has 2 aromatic rings. The van der Waals surface area contributed by atoms with E-state index in [1.54, 1.807) is 0 Å². The van der Waals surface area contributed by atoms with Crippen molar-refractivity contribution in [2.24, 2.45) is 0 Å². The molecule has 0 bridgehead atoms. The monoisotopic (exact) mass is 523 g/mol. The Morgan fingerprint density at radius 1 is 1.03 bits per heavy atom. The van der Waals surface area contributed by atoms with E-state index in [2.05, 4.69) is 5.32 Å². The number of carboxylic acids is 1. The van der Waals surface area contributed by atoms with E-state index in [9.17, 15) is 27.9 Å². The third-order valence-corrected chi connectivity index (χ3v) is 6.31. The van der Waals surface area contributed by atoms with Gasteiger partial charge < -0.3 is 29.4 Å². The molecule has 11 heteroatoms. The highest BCUT2D eigenvalue weighted by Crippen LogP contribution is 2.44. The molecule has 1 amide bonds. The van der Waals surface area contributed by atoms with Crippen molar-refractivity contribution in [1.82, 2.24) is 5.32 Å². The number of amides is 1. The van der Waals surface area contributed by atoms with Crippen LogP contribution < -0.4 is 5.32 Å². The fraction of sp³-hybridized carbons (Fsp3) is 0.462. The van der Waals surface area contributed by atoms with E-state index >= 15 is 0 Å². The number of hydrogen-bond acceptors (Lipinski definition) is 6. The quantitative estimate of drug-likeness (QED) is 0.474. The zero-order valence-corrected chi connectivity index (χ0v) is 19.9. The first-order valence-corrected chi connectivity index (χ1v) is 12.0. The number of benzene rings is 2. The highest BCUT2D eigenvalue weighted by Gasteiger charge is 2.43. The van der Waals surface area contributed by atoms with Crippen molar-refractivity contribution >= 4 is 12.1 Å². The van der Waals surface area contributed by atoms with E-state index in [1.165, 1.54) is 0 Å². The van der Waals surface area contributed by atoms with Gasteiger partial charge in [-0.05, 0) is 41.5 Å². The molecule has 2 aromatic carbocycles. The molecule has 1 aliphatic carbocycles. The molecule has 1 fully saturated rings. The Kier molecular flexibility index (Phi) is 8.67. The standard InChI is InChI=1S/C26H28F3NO7/c27-26(28,29)22(37-23-11-5-6-12-35-23)15-34-14-21(24(31)32)30-25(33)36-13-20-18-9-3-1-7-16(18)17-8-2-4-10-19(17)20/h1-4,7-10,20-23H,5-6,11-15H2,(H,30,33)(H,31,32). The molecule has 0 spiro atoms. The summed E-state index contributed by atoms with van der Waals surface area (Å²) in [5.74, 6) is -1.71. The lowest BCUT2D eigenvalue weighted by Crippen LogP contribution is -2.46. The number of nitrogens with one attached hydrogen (secondary N) is 1. The number of carbonyl (C=O) groups is 2. The van der Waals surface area contributed by atoms with Crippen LogP contribution in [0.4, 0.5) is 18.0 Å². The first-order valence-electron chi connectivity index (χ1n) is 12.0. The number of halogens is 3. The summed E-state index contributed by atoms with van der Waals surface area (Å²) in [6.45, 7) is -1.39. The summed E-state index contributed by atoms with van der Waals surface area (Å²) >= 11 is 0. The van der Waals surface area contributed by atoms with Crippen LogP contribution >= 0.6 is 0 Å². The Hall–Kier alpha value is -3.15. The van der Waals surface area contributed by atoms with Crippen LogP contribution in [0.2, 0.25) is 0 Å². The van der Waals surface area contributed by atoms with Crippen molar-refractivity contribution in [2.75, 3.05) is 26.4 Å². The molecular weight excluding hydrogens is 495 g/mol. The van der Waals surface area contributed by atoms with E-state index in [-0.39, 0.29) is 12.5 Å². The first-order chi connectivity index (χ1) is 17.7. The third kappa shape index (κ3) is 6.79. The molecule has 4 rings (SSSR count). The van der Waals surface area contributed by atoms with Gasteiger partial charge in [-0.3, -0.25) is 0 Å². The largest absolute Gasteiger partial charge is 0.480 e. The van der Waals surface area contributed by atoms with Gasteiger partial charge in [0.25, 0.3) is 0 Å². The Morgan fingerprint density at radius 2 is 1.68 bits per heavy atom. The first kappa shape index (κ1) is 26.9. The number of alkyl halides is 3. The van der Waals surface area contributed by atoms with Gasteiger partial charge in [-0.2, -0.15) is 13.2 Å². The van der Waals surface area contributed by atoms with Gasteiger partial charge in [0.2, 0.25) is 0 Å². The molecule has 0 radical (unpaired) electrons. The maximum Gasteiger partial charge on any atom is 0.417 e. The van der Waals surface area contributed by atoms with Crippen LogP contribution in [0.5, 0.6) is 0 Å². The minimum Gasteiger partial charge on any atom is -0.480 e. The summed E-state index contributed by atoms with van der Waals surface area (Å²) in [5, 5.41) is 11.6. The maximum absolute atomic E-state index is 13.4. The molecule has 0 aromatic heterocycles. The zero-order valence-electron chi connectivity index (χ0n) is 19.9. The van der Waals surface area contributed by atoms with E-state index < -0.39 is 49.9 Å². The minimum absolute atomic E-state index is 0.0432. The zero-order chi connectivity index (χ0) is 26.4. The number of aliphatic carboxylic acids is 1. The average molecular weight is 524 g/mol. The van der Waals surface area contributed by atoms with E-state index in [0.717, 1.165) is 28.7 Å². The third-order valence-electron chi connectivity index (χ3n) is 6.31. The number of ether oxygens (including phenoxy) is 4. The van der Waals surface area contributed by atoms with Gasteiger partial charge in [0.15, 0.2) is 18.4 Å². The minimum atomic E-state index is -4.74. The number of carboxylic acid groups (broad SMARTS) is 1. The summed E-state index contributed by atoms with van der Waals surface area (Å²) in [6.07, 6.45) is -7.29. The Bertz CT molecular complexity index is 1040. The lowest BCUT2D eigenvalue weighted by Gasteiger charge is -2.29. The molecule has 8 nitrogen and oxygen atoms in total. The number of carbonyl (C=O) groups excluding carboxylic acids is 1. The molecule has 37 heavy (non-hydrogen) atoms. The van der Waals surface area contributed by atoms with E-state index in [1.807, 2.05) is 48.5 Å². The number of fused-ring (bicyclic) bond motifs is 3. The van der Waals surface area contributed by atoms with Gasteiger partial charge in [0.1, 0.15) is 6.61 Å². The van der Waals surface area contributed by atoms with Crippen LogP contribution in [0.1, 0.15) is 36.3 Å². The van der Waals surface area contributed by atoms with Gasteiger partial charge in [-0.1, -0.05) is 48.5 Å². The molecule has 2 N–H and O–H groups in total. The van der Waals surface area contributed by atoms with Gasteiger partial charge in [-0.15, -0.1) is 0 Å². The van der Waals surface area contributed by atoms with Crippen LogP contribution in [0.15, 0.2) is 48.5 Å². The van der Waals surface area contributed by atoms with Crippen LogP contribution in [-0.2, 0) is 23.7 Å². The summed E-state index contributed by atoms with van der Waals surface area (Å²) in [5.41, 5.74) is 4.03. The predicted octanol–water partition coefficient (Wildman–Crippen LogP) is 4.47. The highest BCUT2D eigenvalue weighted by atomic mass is 19.4. The normalized spacial score (nSPS) is 18.9. The summed E-state index contributed by atoms with van der Waals surface area (Å²) < 4.78 is 60.6. The molecule has 1 heterocycles. The van der Waals surface area contributed by atoms with Crippen LogP contribution in [0.3, 0.4) is 0 Å². The molecule has 2 aliphatic rings. The van der Waals surface area contributed by atoms with Crippen LogP contribution in [0, 0.1) is 0 Å². The van der Waals surface area contributed by atoms with Crippen molar-refractivity contribution in [2.45, 2.75) is 49.8 Å². The molecule has 0 saturated carbocycles. The predicted molar refractivity (Wildman–Crippen MR) is 125 cm³/mol. The fourth-order valence-corrected chi connectivity index (χ4v) is 4.46. The summed E-state index contributed by atoms with van der Waals surface area (Å²) in [4.78, 5) is 24.0. The Balaban J connectivity index is 1.30. The second-order valence-corrected chi connectivity index (χ2v) is 8.86. The smallest absolute Gasteiger partial charge is 0.417 e. The Labute approximate surface area is 211 Å². The number of hydrogen-bond donors (Lipinski definition) is 2. The maximum atomic E-state index is 13.4. The lowest BCUT2D eigenvalue weighted by molar-refractivity contribution is -0.287.